The van der Waals surface area contributed by atoms with E-state index in [-0.39, 0.29) is 5.92 Å². The van der Waals surface area contributed by atoms with Crippen molar-refractivity contribution in [3.8, 4) is 5.69 Å². The van der Waals surface area contributed by atoms with Crippen molar-refractivity contribution in [2.75, 3.05) is 6.61 Å². The summed E-state index contributed by atoms with van der Waals surface area (Å²) in [4.78, 5) is 11.6. The standard InChI is InChI=1S/C16H16N4O2/c1-2-22-16(21)19-11-9-13(12-18-19)15-8-10-17-20(15)14-6-4-3-5-7-14/h3-13H,2H2,1H3. The Morgan fingerprint density at radius 2 is 2.09 bits per heavy atom. The van der Waals surface area contributed by atoms with Gasteiger partial charge in [0.1, 0.15) is 0 Å². The number of carbonyl (C=O) groups is 1. The summed E-state index contributed by atoms with van der Waals surface area (Å²) in [5.41, 5.74) is 1.96. The number of nitrogens with zero attached hydrogens (tertiary/aromatic N) is 4. The van der Waals surface area contributed by atoms with E-state index >= 15 is 0 Å². The second kappa shape index (κ2) is 6.26. The molecule has 3 rings (SSSR count). The van der Waals surface area contributed by atoms with Gasteiger partial charge in [-0.15, -0.1) is 0 Å². The fourth-order valence-electron chi connectivity index (χ4n) is 2.23. The lowest BCUT2D eigenvalue weighted by molar-refractivity contribution is 0.123. The second-order valence-electron chi connectivity index (χ2n) is 4.68. The van der Waals surface area contributed by atoms with Gasteiger partial charge >= 0.3 is 6.09 Å². The van der Waals surface area contributed by atoms with Crippen LogP contribution in [0.4, 0.5) is 4.79 Å². The Kier molecular flexibility index (Phi) is 4.00. The Hall–Kier alpha value is -2.89. The van der Waals surface area contributed by atoms with Crippen LogP contribution in [-0.2, 0) is 4.74 Å². The molecular formula is C16H16N4O2. The van der Waals surface area contributed by atoms with Crippen LogP contribution < -0.4 is 0 Å². The molecule has 1 aromatic carbocycles. The molecule has 112 valence electrons. The molecule has 0 spiro atoms. The minimum atomic E-state index is -0.481. The van der Waals surface area contributed by atoms with Crippen molar-refractivity contribution in [3.63, 3.8) is 0 Å². The van der Waals surface area contributed by atoms with Crippen molar-refractivity contribution < 1.29 is 9.53 Å². The molecule has 1 aromatic heterocycles. The van der Waals surface area contributed by atoms with Crippen LogP contribution in [-0.4, -0.2) is 33.7 Å². The Labute approximate surface area is 128 Å². The van der Waals surface area contributed by atoms with E-state index in [4.69, 9.17) is 4.74 Å². The van der Waals surface area contributed by atoms with Gasteiger partial charge in [-0.2, -0.15) is 15.2 Å². The second-order valence-corrected chi connectivity index (χ2v) is 4.68. The molecule has 0 saturated carbocycles. The highest BCUT2D eigenvalue weighted by molar-refractivity contribution is 5.76. The van der Waals surface area contributed by atoms with Gasteiger partial charge in [0.15, 0.2) is 0 Å². The molecule has 22 heavy (non-hydrogen) atoms. The highest BCUT2D eigenvalue weighted by atomic mass is 16.6. The van der Waals surface area contributed by atoms with Crippen molar-refractivity contribution >= 4 is 12.3 Å². The van der Waals surface area contributed by atoms with Crippen LogP contribution in [0.1, 0.15) is 18.5 Å². The zero-order chi connectivity index (χ0) is 15.4. The Balaban J connectivity index is 1.81. The molecule has 0 radical (unpaired) electrons. The zero-order valence-corrected chi connectivity index (χ0v) is 12.2. The van der Waals surface area contributed by atoms with Gasteiger partial charge in [0.2, 0.25) is 0 Å². The Morgan fingerprint density at radius 1 is 1.27 bits per heavy atom. The number of allylic oxidation sites excluding steroid dienone is 1. The third-order valence-electron chi connectivity index (χ3n) is 3.26. The van der Waals surface area contributed by atoms with E-state index in [0.717, 1.165) is 11.4 Å². The topological polar surface area (TPSA) is 59.7 Å². The Morgan fingerprint density at radius 3 is 2.77 bits per heavy atom. The third kappa shape index (κ3) is 2.76. The molecule has 1 unspecified atom stereocenters. The first-order valence-electron chi connectivity index (χ1n) is 7.07. The van der Waals surface area contributed by atoms with Gasteiger partial charge in [-0.25, -0.2) is 9.48 Å². The molecule has 0 fully saturated rings. The molecule has 2 aromatic rings. The van der Waals surface area contributed by atoms with Gasteiger partial charge in [0.25, 0.3) is 0 Å². The lowest BCUT2D eigenvalue weighted by Crippen LogP contribution is -2.24. The van der Waals surface area contributed by atoms with Crippen molar-refractivity contribution in [2.24, 2.45) is 5.10 Å². The largest absolute Gasteiger partial charge is 0.448 e. The Bertz CT molecular complexity index is 692. The molecule has 6 heteroatoms. The number of aromatic nitrogens is 2. The van der Waals surface area contributed by atoms with Gasteiger partial charge in [-0.05, 0) is 25.1 Å². The molecule has 0 saturated heterocycles. The number of amides is 1. The van der Waals surface area contributed by atoms with Gasteiger partial charge in [-0.1, -0.05) is 24.3 Å². The highest BCUT2D eigenvalue weighted by Crippen LogP contribution is 2.22. The van der Waals surface area contributed by atoms with E-state index in [2.05, 4.69) is 10.2 Å². The number of carbonyl (C=O) groups excluding carboxylic acids is 1. The van der Waals surface area contributed by atoms with E-state index in [1.54, 1.807) is 25.5 Å². The van der Waals surface area contributed by atoms with E-state index in [9.17, 15) is 4.79 Å². The molecule has 1 atom stereocenters. The molecule has 0 aliphatic carbocycles. The molecule has 1 aliphatic rings. The first-order chi connectivity index (χ1) is 10.8. The van der Waals surface area contributed by atoms with Crippen molar-refractivity contribution in [1.29, 1.82) is 0 Å². The van der Waals surface area contributed by atoms with Crippen LogP contribution in [0.15, 0.2) is 60.0 Å². The van der Waals surface area contributed by atoms with Crippen LogP contribution in [0.25, 0.3) is 5.69 Å². The van der Waals surface area contributed by atoms with Crippen LogP contribution in [0.3, 0.4) is 0 Å². The molecule has 1 aliphatic heterocycles. The van der Waals surface area contributed by atoms with Crippen LogP contribution in [0.2, 0.25) is 0 Å². The summed E-state index contributed by atoms with van der Waals surface area (Å²) in [5.74, 6) is -0.0478. The molecule has 1 amide bonds. The summed E-state index contributed by atoms with van der Waals surface area (Å²) in [6.07, 6.45) is 6.48. The fraction of sp³-hybridized carbons (Fsp3) is 0.188. The van der Waals surface area contributed by atoms with Crippen LogP contribution in [0.5, 0.6) is 0 Å². The van der Waals surface area contributed by atoms with Crippen molar-refractivity contribution in [3.05, 3.63) is 60.6 Å². The highest BCUT2D eigenvalue weighted by Gasteiger charge is 2.19. The molecular weight excluding hydrogens is 280 g/mol. The molecule has 0 N–H and O–H groups in total. The van der Waals surface area contributed by atoms with E-state index in [1.807, 2.05) is 47.2 Å². The first kappa shape index (κ1) is 14.1. The summed E-state index contributed by atoms with van der Waals surface area (Å²) in [5, 5.41) is 9.67. The molecule has 6 nitrogen and oxygen atoms in total. The fourth-order valence-corrected chi connectivity index (χ4v) is 2.23. The predicted molar refractivity (Wildman–Crippen MR) is 82.8 cm³/mol. The number of ether oxygens (including phenoxy) is 1. The summed E-state index contributed by atoms with van der Waals surface area (Å²) in [6.45, 7) is 2.08. The number of para-hydroxylation sites is 1. The SMILES string of the molecule is CCOC(=O)N1C=CC(c2ccnn2-c2ccccc2)C=N1. The van der Waals surface area contributed by atoms with Gasteiger partial charge < -0.3 is 4.74 Å². The minimum absolute atomic E-state index is 0.0478. The number of benzene rings is 1. The van der Waals surface area contributed by atoms with Gasteiger partial charge in [0, 0.05) is 18.6 Å². The predicted octanol–water partition coefficient (Wildman–Crippen LogP) is 2.93. The minimum Gasteiger partial charge on any atom is -0.448 e. The normalized spacial score (nSPS) is 16.8. The number of hydrazone groups is 1. The van der Waals surface area contributed by atoms with Crippen molar-refractivity contribution in [1.82, 2.24) is 14.8 Å². The lowest BCUT2D eigenvalue weighted by atomic mass is 10.1. The lowest BCUT2D eigenvalue weighted by Gasteiger charge is -2.19. The smallest absolute Gasteiger partial charge is 0.434 e. The number of hydrogen-bond acceptors (Lipinski definition) is 4. The summed E-state index contributed by atoms with van der Waals surface area (Å²) in [6, 6.07) is 11.8. The van der Waals surface area contributed by atoms with E-state index in [1.165, 1.54) is 5.01 Å². The summed E-state index contributed by atoms with van der Waals surface area (Å²) < 4.78 is 6.77. The molecule has 2 heterocycles. The van der Waals surface area contributed by atoms with E-state index in [0.29, 0.717) is 6.61 Å². The summed E-state index contributed by atoms with van der Waals surface area (Å²) >= 11 is 0. The molecule has 0 bridgehead atoms. The van der Waals surface area contributed by atoms with Gasteiger partial charge in [-0.3, -0.25) is 0 Å². The summed E-state index contributed by atoms with van der Waals surface area (Å²) in [7, 11) is 0. The van der Waals surface area contributed by atoms with Crippen LogP contribution >= 0.6 is 0 Å². The van der Waals surface area contributed by atoms with Crippen molar-refractivity contribution in [2.45, 2.75) is 12.8 Å². The quantitative estimate of drug-likeness (QED) is 0.875. The monoisotopic (exact) mass is 296 g/mol. The first-order valence-corrected chi connectivity index (χ1v) is 7.07. The maximum Gasteiger partial charge on any atom is 0.434 e. The number of rotatable bonds is 3. The maximum absolute atomic E-state index is 11.6. The average molecular weight is 296 g/mol. The van der Waals surface area contributed by atoms with E-state index < -0.39 is 6.09 Å². The van der Waals surface area contributed by atoms with Crippen LogP contribution in [0, 0.1) is 0 Å². The maximum atomic E-state index is 11.6. The number of hydrogen-bond donors (Lipinski definition) is 0. The average Bonchev–Trinajstić information content (AvgIpc) is 3.06. The van der Waals surface area contributed by atoms with Gasteiger partial charge in [0.05, 0.1) is 23.9 Å². The third-order valence-corrected chi connectivity index (χ3v) is 3.26. The zero-order valence-electron chi connectivity index (χ0n) is 12.2.